The summed E-state index contributed by atoms with van der Waals surface area (Å²) in [6.07, 6.45) is 3.10. The summed E-state index contributed by atoms with van der Waals surface area (Å²) in [5.41, 5.74) is 1.01. The van der Waals surface area contributed by atoms with Crippen molar-refractivity contribution < 1.29 is 14.7 Å². The molecule has 0 atom stereocenters. The Morgan fingerprint density at radius 2 is 1.76 bits per heavy atom. The highest BCUT2D eigenvalue weighted by Gasteiger charge is 2.02. The van der Waals surface area contributed by atoms with Crippen LogP contribution in [0.1, 0.15) is 31.2 Å². The van der Waals surface area contributed by atoms with Gasteiger partial charge < -0.3 is 15.7 Å². The SMILES string of the molecule is O=C(O)CCCCCNC(=O)NCCc1ccccc1Cl. The van der Waals surface area contributed by atoms with Gasteiger partial charge in [0.15, 0.2) is 0 Å². The average molecular weight is 313 g/mol. The summed E-state index contributed by atoms with van der Waals surface area (Å²) >= 11 is 6.02. The zero-order chi connectivity index (χ0) is 15.5. The van der Waals surface area contributed by atoms with Crippen molar-refractivity contribution in [2.45, 2.75) is 32.1 Å². The number of hydrogen-bond donors (Lipinski definition) is 3. The molecule has 116 valence electrons. The quantitative estimate of drug-likeness (QED) is 0.613. The van der Waals surface area contributed by atoms with Crippen molar-refractivity contribution in [1.29, 1.82) is 0 Å². The Kier molecular flexibility index (Phi) is 8.28. The Bertz CT molecular complexity index is 466. The highest BCUT2D eigenvalue weighted by Crippen LogP contribution is 2.14. The highest BCUT2D eigenvalue weighted by molar-refractivity contribution is 6.31. The number of aliphatic carboxylic acids is 1. The van der Waals surface area contributed by atoms with Gasteiger partial charge in [0, 0.05) is 24.5 Å². The Balaban J connectivity index is 2.04. The molecule has 0 fully saturated rings. The van der Waals surface area contributed by atoms with Crippen LogP contribution in [0, 0.1) is 0 Å². The predicted octanol–water partition coefficient (Wildman–Crippen LogP) is 2.83. The molecule has 1 aromatic rings. The second-order valence-electron chi connectivity index (χ2n) is 4.73. The molecule has 0 saturated carbocycles. The van der Waals surface area contributed by atoms with Crippen LogP contribution in [0.15, 0.2) is 24.3 Å². The molecule has 2 amide bonds. The van der Waals surface area contributed by atoms with Crippen LogP contribution < -0.4 is 10.6 Å². The molecular weight excluding hydrogens is 292 g/mol. The maximum atomic E-state index is 11.5. The number of unbranched alkanes of at least 4 members (excludes halogenated alkanes) is 2. The van der Waals surface area contributed by atoms with Gasteiger partial charge in [-0.1, -0.05) is 36.2 Å². The van der Waals surface area contributed by atoms with Crippen LogP contribution in [0.2, 0.25) is 5.02 Å². The first kappa shape index (κ1) is 17.3. The smallest absolute Gasteiger partial charge is 0.314 e. The minimum Gasteiger partial charge on any atom is -0.481 e. The third-order valence-electron chi connectivity index (χ3n) is 2.99. The lowest BCUT2D eigenvalue weighted by molar-refractivity contribution is -0.137. The first-order valence-corrected chi connectivity index (χ1v) is 7.44. The lowest BCUT2D eigenvalue weighted by atomic mass is 10.1. The molecule has 0 bridgehead atoms. The van der Waals surface area contributed by atoms with Gasteiger partial charge in [-0.05, 0) is 30.9 Å². The van der Waals surface area contributed by atoms with Crippen LogP contribution in [0.4, 0.5) is 4.79 Å². The van der Waals surface area contributed by atoms with Gasteiger partial charge in [0.1, 0.15) is 0 Å². The Morgan fingerprint density at radius 1 is 1.05 bits per heavy atom. The third kappa shape index (κ3) is 8.19. The minimum absolute atomic E-state index is 0.185. The summed E-state index contributed by atoms with van der Waals surface area (Å²) in [5, 5.41) is 14.7. The number of carboxylic acid groups (broad SMARTS) is 1. The van der Waals surface area contributed by atoms with Gasteiger partial charge in [-0.2, -0.15) is 0 Å². The van der Waals surface area contributed by atoms with Crippen LogP contribution in [0.5, 0.6) is 0 Å². The third-order valence-corrected chi connectivity index (χ3v) is 3.36. The molecule has 0 spiro atoms. The number of hydrogen-bond acceptors (Lipinski definition) is 2. The second-order valence-corrected chi connectivity index (χ2v) is 5.14. The minimum atomic E-state index is -0.778. The number of amides is 2. The first-order chi connectivity index (χ1) is 10.1. The van der Waals surface area contributed by atoms with E-state index in [1.165, 1.54) is 0 Å². The number of carboxylic acids is 1. The van der Waals surface area contributed by atoms with E-state index < -0.39 is 5.97 Å². The molecule has 0 aliphatic rings. The molecule has 0 aliphatic heterocycles. The molecule has 1 aromatic carbocycles. The molecule has 0 unspecified atom stereocenters. The number of rotatable bonds is 9. The molecule has 3 N–H and O–H groups in total. The van der Waals surface area contributed by atoms with Crippen LogP contribution in [0.3, 0.4) is 0 Å². The molecular formula is C15H21ClN2O3. The standard InChI is InChI=1S/C15H21ClN2O3/c16-13-7-4-3-6-12(13)9-11-18-15(21)17-10-5-1-2-8-14(19)20/h3-4,6-7H,1-2,5,8-11H2,(H,19,20)(H2,17,18,21). The summed E-state index contributed by atoms with van der Waals surface area (Å²) in [4.78, 5) is 21.8. The summed E-state index contributed by atoms with van der Waals surface area (Å²) < 4.78 is 0. The lowest BCUT2D eigenvalue weighted by Crippen LogP contribution is -2.37. The summed E-state index contributed by atoms with van der Waals surface area (Å²) in [5.74, 6) is -0.778. The predicted molar refractivity (Wildman–Crippen MR) is 82.7 cm³/mol. The van der Waals surface area contributed by atoms with Crippen molar-refractivity contribution >= 4 is 23.6 Å². The van der Waals surface area contributed by atoms with Crippen molar-refractivity contribution in [3.05, 3.63) is 34.9 Å². The molecule has 21 heavy (non-hydrogen) atoms. The van der Waals surface area contributed by atoms with E-state index in [9.17, 15) is 9.59 Å². The number of benzene rings is 1. The van der Waals surface area contributed by atoms with Crippen molar-refractivity contribution in [3.63, 3.8) is 0 Å². The molecule has 0 heterocycles. The Morgan fingerprint density at radius 3 is 2.48 bits per heavy atom. The fraction of sp³-hybridized carbons (Fsp3) is 0.467. The van der Waals surface area contributed by atoms with E-state index in [0.717, 1.165) is 18.4 Å². The second kappa shape index (κ2) is 10.0. The van der Waals surface area contributed by atoms with E-state index in [2.05, 4.69) is 10.6 Å². The van der Waals surface area contributed by atoms with Gasteiger partial charge in [-0.3, -0.25) is 4.79 Å². The van der Waals surface area contributed by atoms with Crippen LogP contribution >= 0.6 is 11.6 Å². The van der Waals surface area contributed by atoms with E-state index >= 15 is 0 Å². The van der Waals surface area contributed by atoms with Gasteiger partial charge >= 0.3 is 12.0 Å². The normalized spacial score (nSPS) is 10.1. The first-order valence-electron chi connectivity index (χ1n) is 7.06. The number of halogens is 1. The molecule has 1 rings (SSSR count). The molecule has 0 saturated heterocycles. The molecule has 5 nitrogen and oxygen atoms in total. The van der Waals surface area contributed by atoms with E-state index in [1.807, 2.05) is 24.3 Å². The largest absolute Gasteiger partial charge is 0.481 e. The fourth-order valence-corrected chi connectivity index (χ4v) is 2.08. The number of carbonyl (C=O) groups excluding carboxylic acids is 1. The van der Waals surface area contributed by atoms with Crippen molar-refractivity contribution in [2.75, 3.05) is 13.1 Å². The molecule has 0 aliphatic carbocycles. The van der Waals surface area contributed by atoms with Crippen LogP contribution in [0.25, 0.3) is 0 Å². The average Bonchev–Trinajstić information content (AvgIpc) is 2.44. The monoisotopic (exact) mass is 312 g/mol. The fourth-order valence-electron chi connectivity index (χ4n) is 1.85. The van der Waals surface area contributed by atoms with Gasteiger partial charge in [-0.25, -0.2) is 4.79 Å². The zero-order valence-corrected chi connectivity index (χ0v) is 12.7. The van der Waals surface area contributed by atoms with E-state index in [0.29, 0.717) is 31.0 Å². The van der Waals surface area contributed by atoms with Gasteiger partial charge in [-0.15, -0.1) is 0 Å². The maximum Gasteiger partial charge on any atom is 0.314 e. The Labute approximate surface area is 129 Å². The van der Waals surface area contributed by atoms with Crippen molar-refractivity contribution in [3.8, 4) is 0 Å². The van der Waals surface area contributed by atoms with Gasteiger partial charge in [0.2, 0.25) is 0 Å². The maximum absolute atomic E-state index is 11.5. The Hall–Kier alpha value is -1.75. The number of carbonyl (C=O) groups is 2. The van der Waals surface area contributed by atoms with Crippen molar-refractivity contribution in [1.82, 2.24) is 10.6 Å². The van der Waals surface area contributed by atoms with E-state index in [-0.39, 0.29) is 12.5 Å². The van der Waals surface area contributed by atoms with Crippen molar-refractivity contribution in [2.24, 2.45) is 0 Å². The zero-order valence-electron chi connectivity index (χ0n) is 11.9. The van der Waals surface area contributed by atoms with Crippen LogP contribution in [-0.2, 0) is 11.2 Å². The summed E-state index contributed by atoms with van der Waals surface area (Å²) in [6, 6.07) is 7.34. The molecule has 6 heteroatoms. The number of nitrogens with one attached hydrogen (secondary N) is 2. The topological polar surface area (TPSA) is 78.4 Å². The van der Waals surface area contributed by atoms with E-state index in [1.54, 1.807) is 0 Å². The molecule has 0 aromatic heterocycles. The summed E-state index contributed by atoms with van der Waals surface area (Å²) in [6.45, 7) is 1.08. The van der Waals surface area contributed by atoms with Crippen LogP contribution in [-0.4, -0.2) is 30.2 Å². The summed E-state index contributed by atoms with van der Waals surface area (Å²) in [7, 11) is 0. The highest BCUT2D eigenvalue weighted by atomic mass is 35.5. The van der Waals surface area contributed by atoms with Gasteiger partial charge in [0.25, 0.3) is 0 Å². The molecule has 0 radical (unpaired) electrons. The number of urea groups is 1. The van der Waals surface area contributed by atoms with E-state index in [4.69, 9.17) is 16.7 Å². The van der Waals surface area contributed by atoms with Gasteiger partial charge in [0.05, 0.1) is 0 Å². The lowest BCUT2D eigenvalue weighted by Gasteiger charge is -2.08.